The number of aromatic carboxylic acids is 1. The van der Waals surface area contributed by atoms with Crippen molar-refractivity contribution in [3.63, 3.8) is 0 Å². The van der Waals surface area contributed by atoms with Crippen LogP contribution in [0.15, 0.2) is 36.5 Å². The summed E-state index contributed by atoms with van der Waals surface area (Å²) < 4.78 is 0. The molecule has 1 amide bonds. The number of carbonyl (C=O) groups excluding carboxylic acids is 1. The van der Waals surface area contributed by atoms with Crippen LogP contribution in [0, 0.1) is 6.92 Å². The van der Waals surface area contributed by atoms with Crippen LogP contribution in [0.1, 0.15) is 21.5 Å². The molecule has 1 aromatic carbocycles. The molecule has 0 aliphatic carbocycles. The van der Waals surface area contributed by atoms with Crippen molar-refractivity contribution in [3.05, 3.63) is 58.2 Å². The predicted molar refractivity (Wildman–Crippen MR) is 95.0 cm³/mol. The number of rotatable bonds is 4. The highest BCUT2D eigenvalue weighted by molar-refractivity contribution is 6.33. The number of carboxylic acids is 1. The number of piperazine rings is 1. The van der Waals surface area contributed by atoms with E-state index in [1.165, 1.54) is 17.8 Å². The molecule has 0 spiro atoms. The molecule has 6 nitrogen and oxygen atoms in total. The molecular formula is C18H18ClN3O3. The number of hydrogen-bond acceptors (Lipinski definition) is 4. The molecule has 1 aliphatic heterocycles. The number of nitrogens with zero attached hydrogens (tertiary/aromatic N) is 3. The highest BCUT2D eigenvalue weighted by atomic mass is 35.5. The monoisotopic (exact) mass is 359 g/mol. The Morgan fingerprint density at radius 2 is 2.00 bits per heavy atom. The minimum absolute atomic E-state index is 0.00740. The van der Waals surface area contributed by atoms with E-state index in [2.05, 4.69) is 4.98 Å². The molecule has 3 rings (SSSR count). The van der Waals surface area contributed by atoms with Gasteiger partial charge in [0.25, 0.3) is 0 Å². The fraction of sp³-hybridized carbons (Fsp3) is 0.278. The van der Waals surface area contributed by atoms with Gasteiger partial charge in [-0.15, -0.1) is 0 Å². The third-order valence-electron chi connectivity index (χ3n) is 4.18. The Morgan fingerprint density at radius 3 is 2.60 bits per heavy atom. The zero-order valence-corrected chi connectivity index (χ0v) is 14.5. The average molecular weight is 360 g/mol. The number of pyridine rings is 1. The van der Waals surface area contributed by atoms with E-state index in [0.717, 1.165) is 5.56 Å². The molecule has 2 aromatic rings. The van der Waals surface area contributed by atoms with E-state index in [-0.39, 0.29) is 23.0 Å². The summed E-state index contributed by atoms with van der Waals surface area (Å²) in [6.45, 7) is 3.93. The number of carbonyl (C=O) groups is 2. The van der Waals surface area contributed by atoms with Crippen molar-refractivity contribution in [2.45, 2.75) is 13.5 Å². The Labute approximate surface area is 150 Å². The summed E-state index contributed by atoms with van der Waals surface area (Å²) in [4.78, 5) is 31.1. The highest BCUT2D eigenvalue weighted by Gasteiger charge is 2.26. The minimum Gasteiger partial charge on any atom is -0.478 e. The van der Waals surface area contributed by atoms with Crippen LogP contribution in [0.2, 0.25) is 5.02 Å². The summed E-state index contributed by atoms with van der Waals surface area (Å²) in [6.07, 6.45) is 1.26. The van der Waals surface area contributed by atoms with Gasteiger partial charge in [0, 0.05) is 25.8 Å². The molecule has 0 saturated carbocycles. The maximum Gasteiger partial charge on any atom is 0.337 e. The maximum absolute atomic E-state index is 12.5. The molecule has 1 saturated heterocycles. The van der Waals surface area contributed by atoms with E-state index in [1.807, 2.05) is 31.2 Å². The second-order valence-corrected chi connectivity index (χ2v) is 6.46. The van der Waals surface area contributed by atoms with Gasteiger partial charge in [-0.25, -0.2) is 9.78 Å². The van der Waals surface area contributed by atoms with Gasteiger partial charge in [0.05, 0.1) is 17.1 Å². The Kier molecular flexibility index (Phi) is 4.90. The van der Waals surface area contributed by atoms with Gasteiger partial charge in [0.1, 0.15) is 5.82 Å². The number of halogens is 1. The number of carboxylic acid groups (broad SMARTS) is 1. The van der Waals surface area contributed by atoms with Crippen LogP contribution in [-0.4, -0.2) is 46.5 Å². The number of anilines is 1. The maximum atomic E-state index is 12.5. The number of aryl methyl sites for hydroxylation is 1. The van der Waals surface area contributed by atoms with E-state index in [9.17, 15) is 9.59 Å². The zero-order valence-electron chi connectivity index (χ0n) is 13.8. The molecule has 1 aromatic heterocycles. The molecule has 0 bridgehead atoms. The lowest BCUT2D eigenvalue weighted by Gasteiger charge is -2.35. The molecule has 0 atom stereocenters. The third kappa shape index (κ3) is 3.91. The van der Waals surface area contributed by atoms with Gasteiger partial charge in [-0.3, -0.25) is 4.79 Å². The van der Waals surface area contributed by atoms with Crippen LogP contribution < -0.4 is 4.90 Å². The SMILES string of the molecule is Cc1ccc(CN2CCN(c3ncc(C(=O)O)cc3Cl)CC2=O)cc1. The highest BCUT2D eigenvalue weighted by Crippen LogP contribution is 2.25. The smallest absolute Gasteiger partial charge is 0.337 e. The van der Waals surface area contributed by atoms with Gasteiger partial charge in [0.2, 0.25) is 5.91 Å². The van der Waals surface area contributed by atoms with Crippen LogP contribution in [0.25, 0.3) is 0 Å². The van der Waals surface area contributed by atoms with Crippen molar-refractivity contribution in [3.8, 4) is 0 Å². The predicted octanol–water partition coefficient (Wildman–Crippen LogP) is 2.59. The molecular weight excluding hydrogens is 342 g/mol. The third-order valence-corrected chi connectivity index (χ3v) is 4.46. The second-order valence-electron chi connectivity index (χ2n) is 6.06. The number of amides is 1. The standard InChI is InChI=1S/C18H18ClN3O3/c1-12-2-4-13(5-3-12)10-21-6-7-22(11-16(21)23)17-15(19)8-14(9-20-17)18(24)25/h2-5,8-9H,6-7,10-11H2,1H3,(H,24,25). The lowest BCUT2D eigenvalue weighted by molar-refractivity contribution is -0.131. The second kappa shape index (κ2) is 7.11. The summed E-state index contributed by atoms with van der Waals surface area (Å²) in [5, 5.41) is 9.21. The van der Waals surface area contributed by atoms with Crippen LogP contribution in [0.4, 0.5) is 5.82 Å². The number of aromatic nitrogens is 1. The minimum atomic E-state index is -1.08. The van der Waals surface area contributed by atoms with Crippen molar-refractivity contribution in [1.82, 2.24) is 9.88 Å². The quantitative estimate of drug-likeness (QED) is 0.908. The summed E-state index contributed by atoms with van der Waals surface area (Å²) in [5.41, 5.74) is 2.30. The Morgan fingerprint density at radius 1 is 1.28 bits per heavy atom. The molecule has 1 N–H and O–H groups in total. The number of hydrogen-bond donors (Lipinski definition) is 1. The first-order valence-corrected chi connectivity index (χ1v) is 8.29. The van der Waals surface area contributed by atoms with Crippen LogP contribution in [-0.2, 0) is 11.3 Å². The zero-order chi connectivity index (χ0) is 18.0. The van der Waals surface area contributed by atoms with E-state index in [4.69, 9.17) is 16.7 Å². The van der Waals surface area contributed by atoms with Crippen LogP contribution in [0.3, 0.4) is 0 Å². The molecule has 2 heterocycles. The van der Waals surface area contributed by atoms with E-state index in [1.54, 1.807) is 9.80 Å². The van der Waals surface area contributed by atoms with Crippen molar-refractivity contribution in [1.29, 1.82) is 0 Å². The normalized spacial score (nSPS) is 14.7. The molecule has 130 valence electrons. The van der Waals surface area contributed by atoms with E-state index < -0.39 is 5.97 Å². The fourth-order valence-electron chi connectivity index (χ4n) is 2.75. The van der Waals surface area contributed by atoms with Crippen molar-refractivity contribution in [2.75, 3.05) is 24.5 Å². The molecule has 0 radical (unpaired) electrons. The number of benzene rings is 1. The van der Waals surface area contributed by atoms with Gasteiger partial charge in [-0.05, 0) is 18.6 Å². The van der Waals surface area contributed by atoms with Crippen molar-refractivity contribution in [2.24, 2.45) is 0 Å². The van der Waals surface area contributed by atoms with Gasteiger partial charge < -0.3 is 14.9 Å². The first-order chi connectivity index (χ1) is 11.9. The van der Waals surface area contributed by atoms with E-state index >= 15 is 0 Å². The fourth-order valence-corrected chi connectivity index (χ4v) is 3.04. The summed E-state index contributed by atoms with van der Waals surface area (Å²) in [5.74, 6) is -0.651. The van der Waals surface area contributed by atoms with Gasteiger partial charge >= 0.3 is 5.97 Å². The molecule has 25 heavy (non-hydrogen) atoms. The molecule has 1 fully saturated rings. The summed E-state index contributed by atoms with van der Waals surface area (Å²) >= 11 is 6.14. The summed E-state index contributed by atoms with van der Waals surface area (Å²) in [7, 11) is 0. The average Bonchev–Trinajstić information content (AvgIpc) is 2.58. The summed E-state index contributed by atoms with van der Waals surface area (Å²) in [6, 6.07) is 9.47. The Hall–Kier alpha value is -2.60. The Bertz CT molecular complexity index is 808. The van der Waals surface area contributed by atoms with Gasteiger partial charge in [-0.2, -0.15) is 0 Å². The Balaban J connectivity index is 1.68. The molecule has 1 aliphatic rings. The van der Waals surface area contributed by atoms with Gasteiger partial charge in [0.15, 0.2) is 0 Å². The lowest BCUT2D eigenvalue weighted by Crippen LogP contribution is -2.50. The first kappa shape index (κ1) is 17.2. The topological polar surface area (TPSA) is 73.7 Å². The molecule has 7 heteroatoms. The van der Waals surface area contributed by atoms with E-state index in [0.29, 0.717) is 25.5 Å². The van der Waals surface area contributed by atoms with Gasteiger partial charge in [-0.1, -0.05) is 41.4 Å². The molecule has 0 unspecified atom stereocenters. The van der Waals surface area contributed by atoms with Crippen molar-refractivity contribution < 1.29 is 14.7 Å². The largest absolute Gasteiger partial charge is 0.478 e. The lowest BCUT2D eigenvalue weighted by atomic mass is 10.1. The van der Waals surface area contributed by atoms with Crippen LogP contribution in [0.5, 0.6) is 0 Å². The van der Waals surface area contributed by atoms with Crippen molar-refractivity contribution >= 4 is 29.3 Å². The first-order valence-electron chi connectivity index (χ1n) is 7.91. The van der Waals surface area contributed by atoms with Crippen LogP contribution >= 0.6 is 11.6 Å².